The Hall–Kier alpha value is -3.93. The standard InChI is InChI=1S/C59H96O6/c1-4-7-10-13-16-19-21-23-25-27-28-29-30-31-32-33-35-36-38-40-43-46-49-52-58(61)64-55-56(54-63-57(60)51-48-45-42-18-15-12-9-6-3)65-59(62)53-50-47-44-41-39-37-34-26-24-22-20-17-14-11-8-5-2/h7,10,16,19-20,22-23,25-26,28-29,31-32,34-36,40,43,56H,4-6,8-9,11-15,17-18,21,24,27,30,33,37-39,41-42,44-55H2,1-3H3/b10-7-,19-16-,22-20-,25-23-,29-28-,32-31-,34-26-,36-35-,43-40-. The lowest BCUT2D eigenvalue weighted by Gasteiger charge is -2.18. The van der Waals surface area contributed by atoms with Gasteiger partial charge in [-0.25, -0.2) is 0 Å². The van der Waals surface area contributed by atoms with Crippen LogP contribution in [-0.2, 0) is 28.6 Å². The van der Waals surface area contributed by atoms with Crippen molar-refractivity contribution in [3.8, 4) is 0 Å². The fraction of sp³-hybridized carbons (Fsp3) is 0.644. The monoisotopic (exact) mass is 901 g/mol. The molecule has 0 aliphatic carbocycles. The number of rotatable bonds is 46. The van der Waals surface area contributed by atoms with E-state index in [0.717, 1.165) is 116 Å². The summed E-state index contributed by atoms with van der Waals surface area (Å²) >= 11 is 0. The molecule has 0 saturated carbocycles. The quantitative estimate of drug-likeness (QED) is 0.0262. The van der Waals surface area contributed by atoms with Crippen molar-refractivity contribution in [2.45, 2.75) is 232 Å². The second-order valence-electron chi connectivity index (χ2n) is 17.1. The molecule has 0 spiro atoms. The molecule has 1 unspecified atom stereocenters. The third-order valence-electron chi connectivity index (χ3n) is 10.8. The second-order valence-corrected chi connectivity index (χ2v) is 17.1. The average molecular weight is 901 g/mol. The first-order valence-electron chi connectivity index (χ1n) is 26.4. The van der Waals surface area contributed by atoms with Crippen LogP contribution in [0.15, 0.2) is 109 Å². The molecule has 0 radical (unpaired) electrons. The highest BCUT2D eigenvalue weighted by atomic mass is 16.6. The highest BCUT2D eigenvalue weighted by Gasteiger charge is 2.19. The SMILES string of the molecule is CC/C=C\C/C=C\C/C=C\C/C=C\C/C=C\C/C=C\C/C=C\CCCC(=O)OCC(COC(=O)CCCCCCCCCC)OC(=O)CCCCCCC/C=C\C/C=C\CCCCCC. The molecule has 6 nitrogen and oxygen atoms in total. The summed E-state index contributed by atoms with van der Waals surface area (Å²) in [5.74, 6) is -0.988. The average Bonchev–Trinajstić information content (AvgIpc) is 3.30. The van der Waals surface area contributed by atoms with Crippen molar-refractivity contribution in [3.63, 3.8) is 0 Å². The summed E-state index contributed by atoms with van der Waals surface area (Å²) in [5.41, 5.74) is 0. The molecule has 0 bridgehead atoms. The summed E-state index contributed by atoms with van der Waals surface area (Å²) in [6.45, 7) is 6.40. The van der Waals surface area contributed by atoms with E-state index in [0.29, 0.717) is 19.3 Å². The predicted molar refractivity (Wildman–Crippen MR) is 279 cm³/mol. The Bertz CT molecular complexity index is 1360. The first kappa shape index (κ1) is 61.1. The van der Waals surface area contributed by atoms with E-state index < -0.39 is 6.10 Å². The Morgan fingerprint density at radius 3 is 1.02 bits per heavy atom. The van der Waals surface area contributed by atoms with Crippen LogP contribution in [-0.4, -0.2) is 37.2 Å². The van der Waals surface area contributed by atoms with Gasteiger partial charge in [0.15, 0.2) is 6.10 Å². The highest BCUT2D eigenvalue weighted by molar-refractivity contribution is 5.71. The molecule has 0 fully saturated rings. The molecule has 6 heteroatoms. The van der Waals surface area contributed by atoms with E-state index in [1.165, 1.54) is 64.2 Å². The lowest BCUT2D eigenvalue weighted by Crippen LogP contribution is -2.30. The Morgan fingerprint density at radius 1 is 0.323 bits per heavy atom. The van der Waals surface area contributed by atoms with Crippen molar-refractivity contribution >= 4 is 17.9 Å². The first-order chi connectivity index (χ1) is 32.0. The molecule has 368 valence electrons. The van der Waals surface area contributed by atoms with Crippen LogP contribution >= 0.6 is 0 Å². The van der Waals surface area contributed by atoms with Gasteiger partial charge < -0.3 is 14.2 Å². The summed E-state index contributed by atoms with van der Waals surface area (Å²) in [6.07, 6.45) is 70.9. The van der Waals surface area contributed by atoms with Crippen molar-refractivity contribution in [2.75, 3.05) is 13.2 Å². The van der Waals surface area contributed by atoms with Gasteiger partial charge in [-0.05, 0) is 103 Å². The molecule has 0 amide bonds. The maximum Gasteiger partial charge on any atom is 0.306 e. The van der Waals surface area contributed by atoms with Crippen molar-refractivity contribution in [2.24, 2.45) is 0 Å². The molecule has 0 aromatic rings. The molecule has 1 atom stereocenters. The number of allylic oxidation sites excluding steroid dienone is 18. The van der Waals surface area contributed by atoms with Crippen LogP contribution in [0.1, 0.15) is 226 Å². The number of hydrogen-bond acceptors (Lipinski definition) is 6. The van der Waals surface area contributed by atoms with E-state index in [-0.39, 0.29) is 37.5 Å². The molecule has 0 aromatic heterocycles. The topological polar surface area (TPSA) is 78.9 Å². The molecule has 0 aliphatic rings. The van der Waals surface area contributed by atoms with Crippen LogP contribution in [0.5, 0.6) is 0 Å². The van der Waals surface area contributed by atoms with Crippen LogP contribution in [0.2, 0.25) is 0 Å². The molecule has 0 aromatic carbocycles. The highest BCUT2D eigenvalue weighted by Crippen LogP contribution is 2.13. The minimum atomic E-state index is -0.807. The lowest BCUT2D eigenvalue weighted by atomic mass is 10.1. The summed E-state index contributed by atoms with van der Waals surface area (Å²) in [5, 5.41) is 0. The number of carbonyl (C=O) groups excluding carboxylic acids is 3. The van der Waals surface area contributed by atoms with E-state index in [1.54, 1.807) is 0 Å². The largest absolute Gasteiger partial charge is 0.462 e. The van der Waals surface area contributed by atoms with Gasteiger partial charge in [0.2, 0.25) is 0 Å². The van der Waals surface area contributed by atoms with Gasteiger partial charge in [0.05, 0.1) is 0 Å². The summed E-state index contributed by atoms with van der Waals surface area (Å²) < 4.78 is 16.7. The fourth-order valence-electron chi connectivity index (χ4n) is 6.81. The Labute approximate surface area is 400 Å². The first-order valence-corrected chi connectivity index (χ1v) is 26.4. The van der Waals surface area contributed by atoms with Crippen LogP contribution in [0, 0.1) is 0 Å². The molecule has 65 heavy (non-hydrogen) atoms. The third-order valence-corrected chi connectivity index (χ3v) is 10.8. The molecule has 0 rings (SSSR count). The number of unbranched alkanes of at least 4 members (excludes halogenated alkanes) is 17. The molecule has 0 aliphatic heterocycles. The molecule has 0 N–H and O–H groups in total. The minimum Gasteiger partial charge on any atom is -0.462 e. The minimum absolute atomic E-state index is 0.103. The van der Waals surface area contributed by atoms with Gasteiger partial charge in [-0.1, -0.05) is 214 Å². The van der Waals surface area contributed by atoms with Crippen LogP contribution < -0.4 is 0 Å². The lowest BCUT2D eigenvalue weighted by molar-refractivity contribution is -0.167. The van der Waals surface area contributed by atoms with Crippen LogP contribution in [0.4, 0.5) is 0 Å². The van der Waals surface area contributed by atoms with E-state index in [9.17, 15) is 14.4 Å². The van der Waals surface area contributed by atoms with Crippen molar-refractivity contribution < 1.29 is 28.6 Å². The van der Waals surface area contributed by atoms with E-state index in [4.69, 9.17) is 14.2 Å². The van der Waals surface area contributed by atoms with Crippen molar-refractivity contribution in [1.29, 1.82) is 0 Å². The maximum absolute atomic E-state index is 12.8. The Morgan fingerprint density at radius 2 is 0.615 bits per heavy atom. The zero-order valence-corrected chi connectivity index (χ0v) is 42.0. The van der Waals surface area contributed by atoms with Gasteiger partial charge in [0.25, 0.3) is 0 Å². The smallest absolute Gasteiger partial charge is 0.306 e. The maximum atomic E-state index is 12.8. The van der Waals surface area contributed by atoms with Crippen LogP contribution in [0.25, 0.3) is 0 Å². The fourth-order valence-corrected chi connectivity index (χ4v) is 6.81. The number of hydrogen-bond donors (Lipinski definition) is 0. The van der Waals surface area contributed by atoms with Gasteiger partial charge in [0, 0.05) is 19.3 Å². The van der Waals surface area contributed by atoms with E-state index in [1.807, 2.05) is 0 Å². The second kappa shape index (κ2) is 52.7. The van der Waals surface area contributed by atoms with Gasteiger partial charge in [-0.2, -0.15) is 0 Å². The zero-order valence-electron chi connectivity index (χ0n) is 42.0. The number of carbonyl (C=O) groups is 3. The van der Waals surface area contributed by atoms with Gasteiger partial charge in [0.1, 0.15) is 13.2 Å². The van der Waals surface area contributed by atoms with Crippen LogP contribution in [0.3, 0.4) is 0 Å². The third kappa shape index (κ3) is 50.9. The predicted octanol–water partition coefficient (Wildman–Crippen LogP) is 17.5. The normalized spacial score (nSPS) is 13.0. The molecular weight excluding hydrogens is 805 g/mol. The zero-order chi connectivity index (χ0) is 47.2. The summed E-state index contributed by atoms with van der Waals surface area (Å²) in [7, 11) is 0. The van der Waals surface area contributed by atoms with Crippen molar-refractivity contribution in [3.05, 3.63) is 109 Å². The van der Waals surface area contributed by atoms with Gasteiger partial charge in [-0.3, -0.25) is 14.4 Å². The summed E-state index contributed by atoms with van der Waals surface area (Å²) in [6, 6.07) is 0. The van der Waals surface area contributed by atoms with E-state index in [2.05, 4.69) is 130 Å². The summed E-state index contributed by atoms with van der Waals surface area (Å²) in [4.78, 5) is 37.9. The molecule has 0 saturated heterocycles. The number of esters is 3. The van der Waals surface area contributed by atoms with Gasteiger partial charge >= 0.3 is 17.9 Å². The molecule has 0 heterocycles. The van der Waals surface area contributed by atoms with Crippen molar-refractivity contribution in [1.82, 2.24) is 0 Å². The Balaban J connectivity index is 4.42. The van der Waals surface area contributed by atoms with E-state index >= 15 is 0 Å². The number of ether oxygens (including phenoxy) is 3. The van der Waals surface area contributed by atoms with Gasteiger partial charge in [-0.15, -0.1) is 0 Å². The Kier molecular flexibility index (Phi) is 49.5. The molecular formula is C59H96O6.